The van der Waals surface area contributed by atoms with Crippen LogP contribution in [0.4, 0.5) is 0 Å². The van der Waals surface area contributed by atoms with E-state index in [4.69, 9.17) is 4.74 Å². The second-order valence-corrected chi connectivity index (χ2v) is 7.03. The number of nitrogens with one attached hydrogen (secondary N) is 1. The Labute approximate surface area is 157 Å². The van der Waals surface area contributed by atoms with Crippen molar-refractivity contribution >= 4 is 17.7 Å². The average molecular weight is 376 g/mol. The summed E-state index contributed by atoms with van der Waals surface area (Å²) in [5.41, 5.74) is 1.29. The standard InChI is InChI=1S/C17H24N6O2S/c1-2-23-17(19-20-21-23)26-13-16(24)18-10-15-12-22(8-9-25-15)11-14-6-4-3-5-7-14/h3-7,15H,2,8-13H2,1H3,(H,18,24). The number of tetrazole rings is 1. The van der Waals surface area contributed by atoms with E-state index in [-0.39, 0.29) is 12.0 Å². The highest BCUT2D eigenvalue weighted by Crippen LogP contribution is 2.13. The first-order valence-electron chi connectivity index (χ1n) is 8.78. The van der Waals surface area contributed by atoms with Gasteiger partial charge in [-0.2, -0.15) is 0 Å². The monoisotopic (exact) mass is 376 g/mol. The molecule has 0 bridgehead atoms. The Hall–Kier alpha value is -1.97. The van der Waals surface area contributed by atoms with Crippen molar-refractivity contribution in [2.75, 3.05) is 32.0 Å². The van der Waals surface area contributed by atoms with Crippen molar-refractivity contribution in [3.63, 3.8) is 0 Å². The van der Waals surface area contributed by atoms with E-state index >= 15 is 0 Å². The molecule has 140 valence electrons. The summed E-state index contributed by atoms with van der Waals surface area (Å²) in [5.74, 6) is 0.255. The molecule has 1 fully saturated rings. The fourth-order valence-electron chi connectivity index (χ4n) is 2.80. The summed E-state index contributed by atoms with van der Waals surface area (Å²) in [4.78, 5) is 14.4. The van der Waals surface area contributed by atoms with Gasteiger partial charge in [0.05, 0.1) is 18.5 Å². The topological polar surface area (TPSA) is 85.2 Å². The van der Waals surface area contributed by atoms with Crippen molar-refractivity contribution < 1.29 is 9.53 Å². The number of morpholine rings is 1. The van der Waals surface area contributed by atoms with Crippen molar-refractivity contribution in [1.82, 2.24) is 30.4 Å². The number of amides is 1. The lowest BCUT2D eigenvalue weighted by Gasteiger charge is -2.33. The molecule has 8 nitrogen and oxygen atoms in total. The van der Waals surface area contributed by atoms with Crippen LogP contribution in [0.15, 0.2) is 35.5 Å². The highest BCUT2D eigenvalue weighted by molar-refractivity contribution is 7.99. The highest BCUT2D eigenvalue weighted by atomic mass is 32.2. The number of thioether (sulfide) groups is 1. The number of aryl methyl sites for hydroxylation is 1. The molecule has 1 atom stereocenters. The zero-order valence-corrected chi connectivity index (χ0v) is 15.7. The van der Waals surface area contributed by atoms with Gasteiger partial charge in [0.25, 0.3) is 0 Å². The van der Waals surface area contributed by atoms with Crippen LogP contribution in [0.3, 0.4) is 0 Å². The first-order valence-corrected chi connectivity index (χ1v) is 9.76. The SMILES string of the molecule is CCn1nnnc1SCC(=O)NCC1CN(Cc2ccccc2)CCO1. The second-order valence-electron chi connectivity index (χ2n) is 6.08. The maximum Gasteiger partial charge on any atom is 0.230 e. The molecule has 9 heteroatoms. The molecule has 0 saturated carbocycles. The van der Waals surface area contributed by atoms with Gasteiger partial charge in [-0.05, 0) is 22.9 Å². The summed E-state index contributed by atoms with van der Waals surface area (Å²) in [7, 11) is 0. The van der Waals surface area contributed by atoms with Crippen LogP contribution in [-0.2, 0) is 22.6 Å². The molecule has 1 saturated heterocycles. The number of hydrogen-bond acceptors (Lipinski definition) is 7. The third-order valence-electron chi connectivity index (χ3n) is 4.13. The van der Waals surface area contributed by atoms with Gasteiger partial charge in [0.2, 0.25) is 11.1 Å². The summed E-state index contributed by atoms with van der Waals surface area (Å²) in [6.07, 6.45) is 0.0161. The molecule has 2 aromatic rings. The lowest BCUT2D eigenvalue weighted by molar-refractivity contribution is -0.119. The zero-order chi connectivity index (χ0) is 18.2. The summed E-state index contributed by atoms with van der Waals surface area (Å²) >= 11 is 1.34. The van der Waals surface area contributed by atoms with Crippen molar-refractivity contribution in [1.29, 1.82) is 0 Å². The number of aromatic nitrogens is 4. The number of rotatable bonds is 8. The Bertz CT molecular complexity index is 696. The summed E-state index contributed by atoms with van der Waals surface area (Å²) in [6.45, 7) is 6.48. The molecule has 1 aliphatic heterocycles. The lowest BCUT2D eigenvalue weighted by atomic mass is 10.2. The van der Waals surface area contributed by atoms with E-state index < -0.39 is 0 Å². The number of benzene rings is 1. The molecule has 0 spiro atoms. The minimum absolute atomic E-state index is 0.0161. The minimum Gasteiger partial charge on any atom is -0.374 e. The quantitative estimate of drug-likeness (QED) is 0.682. The number of nitrogens with zero attached hydrogens (tertiary/aromatic N) is 5. The number of ether oxygens (including phenoxy) is 1. The van der Waals surface area contributed by atoms with E-state index in [1.54, 1.807) is 4.68 Å². The lowest BCUT2D eigenvalue weighted by Crippen LogP contribution is -2.47. The Morgan fingerprint density at radius 1 is 1.38 bits per heavy atom. The molecule has 1 unspecified atom stereocenters. The van der Waals surface area contributed by atoms with Crippen LogP contribution in [-0.4, -0.2) is 69.1 Å². The molecule has 1 N–H and O–H groups in total. The molecule has 3 rings (SSSR count). The maximum atomic E-state index is 12.1. The fraction of sp³-hybridized carbons (Fsp3) is 0.529. The molecule has 26 heavy (non-hydrogen) atoms. The summed E-state index contributed by atoms with van der Waals surface area (Å²) in [5, 5.41) is 15.0. The predicted octanol–water partition coefficient (Wildman–Crippen LogP) is 0.802. The van der Waals surface area contributed by atoms with Gasteiger partial charge < -0.3 is 10.1 Å². The molecule has 0 aliphatic carbocycles. The van der Waals surface area contributed by atoms with Crippen LogP contribution in [0.1, 0.15) is 12.5 Å². The maximum absolute atomic E-state index is 12.1. The molecular weight excluding hydrogens is 352 g/mol. The Morgan fingerprint density at radius 3 is 3.04 bits per heavy atom. The third-order valence-corrected chi connectivity index (χ3v) is 5.09. The average Bonchev–Trinajstić information content (AvgIpc) is 3.13. The van der Waals surface area contributed by atoms with Crippen molar-refractivity contribution in [3.05, 3.63) is 35.9 Å². The smallest absolute Gasteiger partial charge is 0.230 e. The van der Waals surface area contributed by atoms with Gasteiger partial charge in [-0.15, -0.1) is 5.10 Å². The third kappa shape index (κ3) is 5.52. The largest absolute Gasteiger partial charge is 0.374 e. The van der Waals surface area contributed by atoms with Gasteiger partial charge in [0.15, 0.2) is 0 Å². The van der Waals surface area contributed by atoms with Crippen LogP contribution in [0.25, 0.3) is 0 Å². The van der Waals surface area contributed by atoms with Gasteiger partial charge in [0, 0.05) is 32.7 Å². The molecule has 1 aromatic carbocycles. The van der Waals surface area contributed by atoms with Crippen molar-refractivity contribution in [2.24, 2.45) is 0 Å². The van der Waals surface area contributed by atoms with E-state index in [0.717, 1.165) is 19.6 Å². The Kier molecular flexibility index (Phi) is 6.98. The van der Waals surface area contributed by atoms with E-state index in [1.807, 2.05) is 13.0 Å². The van der Waals surface area contributed by atoms with E-state index in [1.165, 1.54) is 17.3 Å². The molecule has 1 amide bonds. The molecular formula is C17H24N6O2S. The molecule has 0 radical (unpaired) electrons. The van der Waals surface area contributed by atoms with Gasteiger partial charge in [-0.1, -0.05) is 42.1 Å². The number of carbonyl (C=O) groups excluding carboxylic acids is 1. The first-order chi connectivity index (χ1) is 12.7. The van der Waals surface area contributed by atoms with Gasteiger partial charge >= 0.3 is 0 Å². The highest BCUT2D eigenvalue weighted by Gasteiger charge is 2.21. The van der Waals surface area contributed by atoms with Crippen molar-refractivity contribution in [2.45, 2.75) is 31.3 Å². The molecule has 1 aromatic heterocycles. The predicted molar refractivity (Wildman–Crippen MR) is 98.7 cm³/mol. The van der Waals surface area contributed by atoms with Crippen LogP contribution in [0.2, 0.25) is 0 Å². The van der Waals surface area contributed by atoms with Crippen LogP contribution < -0.4 is 5.32 Å². The molecule has 1 aliphatic rings. The minimum atomic E-state index is -0.0376. The number of hydrogen-bond donors (Lipinski definition) is 1. The normalized spacial score (nSPS) is 18.0. The van der Waals surface area contributed by atoms with E-state index in [2.05, 4.69) is 50.0 Å². The van der Waals surface area contributed by atoms with Gasteiger partial charge in [-0.3, -0.25) is 9.69 Å². The van der Waals surface area contributed by atoms with Crippen LogP contribution >= 0.6 is 11.8 Å². The zero-order valence-electron chi connectivity index (χ0n) is 14.9. The number of carbonyl (C=O) groups is 1. The summed E-state index contributed by atoms with van der Waals surface area (Å²) < 4.78 is 7.45. The van der Waals surface area contributed by atoms with E-state index in [9.17, 15) is 4.79 Å². The first kappa shape index (κ1) is 18.8. The van der Waals surface area contributed by atoms with Gasteiger partial charge in [0.1, 0.15) is 0 Å². The molecule has 2 heterocycles. The van der Waals surface area contributed by atoms with Crippen molar-refractivity contribution in [3.8, 4) is 0 Å². The summed E-state index contributed by atoms with van der Waals surface area (Å²) in [6, 6.07) is 10.4. The fourth-order valence-corrected chi connectivity index (χ4v) is 3.57. The van der Waals surface area contributed by atoms with Crippen LogP contribution in [0.5, 0.6) is 0 Å². The Morgan fingerprint density at radius 2 is 2.23 bits per heavy atom. The van der Waals surface area contributed by atoms with E-state index in [0.29, 0.717) is 30.6 Å². The Balaban J connectivity index is 1.39. The second kappa shape index (κ2) is 9.65. The van der Waals surface area contributed by atoms with Crippen LogP contribution in [0, 0.1) is 0 Å². The van der Waals surface area contributed by atoms with Gasteiger partial charge in [-0.25, -0.2) is 4.68 Å².